The number of fused-ring (bicyclic) bond motifs is 1. The molecule has 0 radical (unpaired) electrons. The average molecular weight is 407 g/mol. The maximum atomic E-state index is 12.8. The summed E-state index contributed by atoms with van der Waals surface area (Å²) < 4.78 is 6.02. The van der Waals surface area contributed by atoms with E-state index in [1.807, 2.05) is 37.3 Å². The van der Waals surface area contributed by atoms with Gasteiger partial charge in [-0.25, -0.2) is 5.48 Å². The van der Waals surface area contributed by atoms with Gasteiger partial charge in [-0.1, -0.05) is 30.3 Å². The first-order chi connectivity index (χ1) is 14.3. The van der Waals surface area contributed by atoms with Crippen molar-refractivity contribution in [3.63, 3.8) is 0 Å². The van der Waals surface area contributed by atoms with Crippen LogP contribution in [-0.2, 0) is 11.4 Å². The molecule has 156 valence electrons. The summed E-state index contributed by atoms with van der Waals surface area (Å²) in [6.07, 6.45) is -0.0689. The number of rotatable bonds is 7. The Morgan fingerprint density at radius 2 is 1.80 bits per heavy atom. The summed E-state index contributed by atoms with van der Waals surface area (Å²) in [6.45, 7) is 5.62. The number of hydrogen-bond acceptors (Lipinski definition) is 5. The Labute approximate surface area is 175 Å². The van der Waals surface area contributed by atoms with Gasteiger partial charge in [0.15, 0.2) is 0 Å². The number of nitrogens with zero attached hydrogens (tertiary/aromatic N) is 1. The highest BCUT2D eigenvalue weighted by atomic mass is 16.5. The van der Waals surface area contributed by atoms with E-state index in [0.717, 1.165) is 22.2 Å². The van der Waals surface area contributed by atoms with Crippen LogP contribution in [0, 0.1) is 6.92 Å². The van der Waals surface area contributed by atoms with Gasteiger partial charge in [-0.3, -0.25) is 19.8 Å². The SMILES string of the molecule is Cc1cc(COc2ccccc2C(=O)NC(C)(C)CC(=O)NO)c2ccccc2n1. The minimum Gasteiger partial charge on any atom is -0.488 e. The fourth-order valence-electron chi connectivity index (χ4n) is 3.31. The van der Waals surface area contributed by atoms with Gasteiger partial charge in [0.05, 0.1) is 17.5 Å². The van der Waals surface area contributed by atoms with Gasteiger partial charge in [-0.2, -0.15) is 0 Å². The number of carbonyl (C=O) groups excluding carboxylic acids is 2. The highest BCUT2D eigenvalue weighted by Gasteiger charge is 2.26. The van der Waals surface area contributed by atoms with Crippen LogP contribution in [0.25, 0.3) is 10.9 Å². The number of carbonyl (C=O) groups is 2. The maximum Gasteiger partial charge on any atom is 0.255 e. The molecule has 0 fully saturated rings. The maximum absolute atomic E-state index is 12.8. The summed E-state index contributed by atoms with van der Waals surface area (Å²) in [5, 5.41) is 12.5. The first kappa shape index (κ1) is 21.3. The van der Waals surface area contributed by atoms with Gasteiger partial charge < -0.3 is 10.1 Å². The standard InChI is InChI=1S/C23H25N3O4/c1-15-12-16(17-8-4-6-10-19(17)24-15)14-30-20-11-7-5-9-18(20)22(28)25-23(2,3)13-21(27)26-29/h4-12,29H,13-14H2,1-3H3,(H,25,28)(H,26,27). The zero-order valence-electron chi connectivity index (χ0n) is 17.2. The van der Waals surface area contributed by atoms with Crippen molar-refractivity contribution in [2.45, 2.75) is 39.3 Å². The highest BCUT2D eigenvalue weighted by Crippen LogP contribution is 2.24. The average Bonchev–Trinajstić information content (AvgIpc) is 2.71. The lowest BCUT2D eigenvalue weighted by Crippen LogP contribution is -2.46. The van der Waals surface area contributed by atoms with E-state index in [2.05, 4.69) is 10.3 Å². The molecule has 1 aromatic heterocycles. The molecule has 7 heteroatoms. The third-order valence-electron chi connectivity index (χ3n) is 4.62. The molecule has 0 saturated heterocycles. The molecular formula is C23H25N3O4. The van der Waals surface area contributed by atoms with Crippen molar-refractivity contribution in [3.8, 4) is 5.75 Å². The van der Waals surface area contributed by atoms with Crippen LogP contribution in [0.2, 0.25) is 0 Å². The number of aromatic nitrogens is 1. The predicted molar refractivity (Wildman–Crippen MR) is 113 cm³/mol. The second-order valence-electron chi connectivity index (χ2n) is 7.77. The largest absolute Gasteiger partial charge is 0.488 e. The number of pyridine rings is 1. The number of para-hydroxylation sites is 2. The van der Waals surface area contributed by atoms with Crippen molar-refractivity contribution in [1.29, 1.82) is 0 Å². The molecule has 7 nitrogen and oxygen atoms in total. The molecule has 0 spiro atoms. The molecule has 2 aromatic carbocycles. The molecule has 0 bridgehead atoms. The molecular weight excluding hydrogens is 382 g/mol. The summed E-state index contributed by atoms with van der Waals surface area (Å²) in [6, 6.07) is 16.8. The summed E-state index contributed by atoms with van der Waals surface area (Å²) in [5.41, 5.74) is 3.86. The molecule has 0 aliphatic heterocycles. The van der Waals surface area contributed by atoms with Crippen LogP contribution >= 0.6 is 0 Å². The molecule has 0 unspecified atom stereocenters. The molecule has 3 N–H and O–H groups in total. The smallest absolute Gasteiger partial charge is 0.255 e. The van der Waals surface area contributed by atoms with Crippen LogP contribution in [0.5, 0.6) is 5.75 Å². The lowest BCUT2D eigenvalue weighted by Gasteiger charge is -2.25. The van der Waals surface area contributed by atoms with Crippen LogP contribution in [0.1, 0.15) is 41.9 Å². The minimum absolute atomic E-state index is 0.0689. The fraction of sp³-hybridized carbons (Fsp3) is 0.261. The van der Waals surface area contributed by atoms with Crippen molar-refractivity contribution >= 4 is 22.7 Å². The van der Waals surface area contributed by atoms with Crippen molar-refractivity contribution in [2.24, 2.45) is 0 Å². The summed E-state index contributed by atoms with van der Waals surface area (Å²) in [7, 11) is 0. The van der Waals surface area contributed by atoms with Crippen LogP contribution < -0.4 is 15.5 Å². The van der Waals surface area contributed by atoms with E-state index in [9.17, 15) is 9.59 Å². The first-order valence-corrected chi connectivity index (χ1v) is 9.61. The first-order valence-electron chi connectivity index (χ1n) is 9.61. The third-order valence-corrected chi connectivity index (χ3v) is 4.62. The van der Waals surface area contributed by atoms with E-state index in [4.69, 9.17) is 9.94 Å². The van der Waals surface area contributed by atoms with Crippen molar-refractivity contribution in [3.05, 3.63) is 71.4 Å². The lowest BCUT2D eigenvalue weighted by atomic mass is 9.99. The van der Waals surface area contributed by atoms with Crippen LogP contribution in [-0.4, -0.2) is 27.5 Å². The second kappa shape index (κ2) is 8.92. The van der Waals surface area contributed by atoms with Gasteiger partial charge in [-0.05, 0) is 45.0 Å². The number of nitrogens with one attached hydrogen (secondary N) is 2. The van der Waals surface area contributed by atoms with Crippen molar-refractivity contribution in [2.75, 3.05) is 0 Å². The number of aryl methyl sites for hydroxylation is 1. The van der Waals surface area contributed by atoms with E-state index in [0.29, 0.717) is 11.3 Å². The minimum atomic E-state index is -0.852. The van der Waals surface area contributed by atoms with Crippen LogP contribution in [0.3, 0.4) is 0 Å². The third kappa shape index (κ3) is 5.12. The Kier molecular flexibility index (Phi) is 6.32. The van der Waals surface area contributed by atoms with E-state index in [1.165, 1.54) is 0 Å². The normalized spacial score (nSPS) is 11.2. The molecule has 0 atom stereocenters. The number of hydroxylamine groups is 1. The van der Waals surface area contributed by atoms with Crippen molar-refractivity contribution < 1.29 is 19.5 Å². The number of benzene rings is 2. The lowest BCUT2D eigenvalue weighted by molar-refractivity contribution is -0.130. The second-order valence-corrected chi connectivity index (χ2v) is 7.77. The Balaban J connectivity index is 1.80. The topological polar surface area (TPSA) is 101 Å². The predicted octanol–water partition coefficient (Wildman–Crippen LogP) is 3.53. The van der Waals surface area contributed by atoms with E-state index in [-0.39, 0.29) is 18.9 Å². The molecule has 0 aliphatic rings. The molecule has 3 aromatic rings. The zero-order chi connectivity index (χ0) is 21.7. The van der Waals surface area contributed by atoms with Gasteiger partial charge in [0.25, 0.3) is 5.91 Å². The van der Waals surface area contributed by atoms with Crippen LogP contribution in [0.4, 0.5) is 0 Å². The number of ether oxygens (including phenoxy) is 1. The highest BCUT2D eigenvalue weighted by molar-refractivity contribution is 5.97. The summed E-state index contributed by atoms with van der Waals surface area (Å²) in [4.78, 5) is 28.8. The van der Waals surface area contributed by atoms with Crippen molar-refractivity contribution in [1.82, 2.24) is 15.8 Å². The Bertz CT molecular complexity index is 1080. The molecule has 0 aliphatic carbocycles. The molecule has 2 amide bonds. The summed E-state index contributed by atoms with van der Waals surface area (Å²) >= 11 is 0. The van der Waals surface area contributed by atoms with Gasteiger partial charge in [0.1, 0.15) is 12.4 Å². The molecule has 0 saturated carbocycles. The molecule has 30 heavy (non-hydrogen) atoms. The number of hydrogen-bond donors (Lipinski definition) is 3. The fourth-order valence-corrected chi connectivity index (χ4v) is 3.31. The zero-order valence-corrected chi connectivity index (χ0v) is 17.2. The van der Waals surface area contributed by atoms with Gasteiger partial charge in [0, 0.05) is 22.2 Å². The van der Waals surface area contributed by atoms with E-state index in [1.54, 1.807) is 43.6 Å². The molecule has 1 heterocycles. The van der Waals surface area contributed by atoms with Gasteiger partial charge >= 0.3 is 0 Å². The Hall–Kier alpha value is -3.45. The monoisotopic (exact) mass is 407 g/mol. The van der Waals surface area contributed by atoms with E-state index < -0.39 is 11.4 Å². The summed E-state index contributed by atoms with van der Waals surface area (Å²) in [5.74, 6) is -0.502. The van der Waals surface area contributed by atoms with Crippen LogP contribution in [0.15, 0.2) is 54.6 Å². The van der Waals surface area contributed by atoms with Gasteiger partial charge in [-0.15, -0.1) is 0 Å². The Morgan fingerprint density at radius 3 is 2.57 bits per heavy atom. The molecule has 3 rings (SSSR count). The Morgan fingerprint density at radius 1 is 1.10 bits per heavy atom. The quantitative estimate of drug-likeness (QED) is 0.411. The van der Waals surface area contributed by atoms with E-state index >= 15 is 0 Å². The number of amides is 2. The van der Waals surface area contributed by atoms with Gasteiger partial charge in [0.2, 0.25) is 5.91 Å².